The molecule has 6 heteroatoms. The van der Waals surface area contributed by atoms with Crippen molar-refractivity contribution in [3.8, 4) is 11.5 Å². The highest BCUT2D eigenvalue weighted by atomic mass is 16.5. The molecule has 0 saturated carbocycles. The second kappa shape index (κ2) is 6.30. The fourth-order valence-corrected chi connectivity index (χ4v) is 3.02. The van der Waals surface area contributed by atoms with Gasteiger partial charge < -0.3 is 15.1 Å². The first-order chi connectivity index (χ1) is 10.5. The highest BCUT2D eigenvalue weighted by molar-refractivity contribution is 6.29. The fourth-order valence-electron chi connectivity index (χ4n) is 3.02. The largest absolute Gasteiger partial charge is 0.564 e. The number of carbonyl (C=O) groups excluding carboxylic acids is 1. The number of Topliss-reactive ketones (excluding diaryl/α,β-unsaturated/α-hetero) is 1. The third kappa shape index (κ3) is 3.13. The second-order valence-corrected chi connectivity index (χ2v) is 6.30. The van der Waals surface area contributed by atoms with Crippen molar-refractivity contribution < 1.29 is 14.2 Å². The number of hydrogen-bond donors (Lipinski definition) is 1. The Hall–Kier alpha value is -1.53. The molecule has 0 bridgehead atoms. The topological polar surface area (TPSA) is 64.8 Å². The van der Waals surface area contributed by atoms with Crippen LogP contribution in [0.5, 0.6) is 11.5 Å². The van der Waals surface area contributed by atoms with Crippen molar-refractivity contribution in [1.29, 1.82) is 0 Å². The predicted octanol–water partition coefficient (Wildman–Crippen LogP) is 0.679. The molecule has 0 aliphatic carbocycles. The highest BCUT2D eigenvalue weighted by Crippen LogP contribution is 2.35. The molecule has 2 N–H and O–H groups in total. The van der Waals surface area contributed by atoms with Crippen LogP contribution < -0.4 is 15.1 Å². The summed E-state index contributed by atoms with van der Waals surface area (Å²) in [6, 6.07) is 3.77. The molecule has 1 unspecified atom stereocenters. The van der Waals surface area contributed by atoms with E-state index in [0.29, 0.717) is 6.54 Å². The Bertz CT molecular complexity index is 573. The quantitative estimate of drug-likeness (QED) is 0.810. The molecule has 0 spiro atoms. The molecule has 2 aliphatic heterocycles. The van der Waals surface area contributed by atoms with E-state index in [1.54, 1.807) is 0 Å². The van der Waals surface area contributed by atoms with Crippen LogP contribution in [0.2, 0.25) is 6.32 Å². The van der Waals surface area contributed by atoms with E-state index in [9.17, 15) is 4.79 Å². The highest BCUT2D eigenvalue weighted by Gasteiger charge is 2.31. The number of aryl methyl sites for hydroxylation is 1. The third-order valence-electron chi connectivity index (χ3n) is 4.47. The van der Waals surface area contributed by atoms with Crippen LogP contribution in [0.3, 0.4) is 0 Å². The van der Waals surface area contributed by atoms with E-state index in [1.807, 2.05) is 6.07 Å². The molecule has 118 valence electrons. The summed E-state index contributed by atoms with van der Waals surface area (Å²) in [5, 5.41) is 0. The van der Waals surface area contributed by atoms with Crippen molar-refractivity contribution in [2.45, 2.75) is 38.7 Å². The second-order valence-electron chi connectivity index (χ2n) is 6.30. The lowest BCUT2D eigenvalue weighted by molar-refractivity contribution is -0.119. The smallest absolute Gasteiger partial charge is 0.340 e. The molecule has 1 saturated heterocycles. The summed E-state index contributed by atoms with van der Waals surface area (Å²) < 4.78 is 11.9. The number of nitrogens with zero attached hydrogens (tertiary/aromatic N) is 1. The lowest BCUT2D eigenvalue weighted by Gasteiger charge is -2.40. The molecule has 3 rings (SSSR count). The van der Waals surface area contributed by atoms with Crippen LogP contribution >= 0.6 is 0 Å². The Morgan fingerprint density at radius 2 is 2.32 bits per heavy atom. The Kier molecular flexibility index (Phi) is 4.40. The van der Waals surface area contributed by atoms with Gasteiger partial charge in [-0.1, -0.05) is 6.07 Å². The zero-order valence-corrected chi connectivity index (χ0v) is 13.3. The van der Waals surface area contributed by atoms with Gasteiger partial charge in [-0.2, -0.15) is 0 Å². The molecule has 5 nitrogen and oxygen atoms in total. The zero-order chi connectivity index (χ0) is 15.7. The van der Waals surface area contributed by atoms with Crippen LogP contribution in [-0.4, -0.2) is 49.9 Å². The van der Waals surface area contributed by atoms with E-state index in [-0.39, 0.29) is 17.9 Å². The molecule has 1 aromatic rings. The first kappa shape index (κ1) is 15.4. The van der Waals surface area contributed by atoms with Gasteiger partial charge in [-0.15, -0.1) is 0 Å². The number of nitrogens with two attached hydrogens (primary N) is 1. The number of benzene rings is 1. The third-order valence-corrected chi connectivity index (χ3v) is 4.47. The van der Waals surface area contributed by atoms with E-state index < -0.39 is 0 Å². The maximum Gasteiger partial charge on any atom is 0.340 e. The summed E-state index contributed by atoms with van der Waals surface area (Å²) >= 11 is 0. The van der Waals surface area contributed by atoms with Crippen LogP contribution in [-0.2, 0) is 11.2 Å². The average Bonchev–Trinajstić information content (AvgIpc) is 2.47. The van der Waals surface area contributed by atoms with E-state index in [1.165, 1.54) is 12.5 Å². The van der Waals surface area contributed by atoms with E-state index >= 15 is 0 Å². The Morgan fingerprint density at radius 1 is 1.55 bits per heavy atom. The Labute approximate surface area is 132 Å². The van der Waals surface area contributed by atoms with Gasteiger partial charge in [0, 0.05) is 25.2 Å². The van der Waals surface area contributed by atoms with Gasteiger partial charge in [0.1, 0.15) is 23.4 Å². The van der Waals surface area contributed by atoms with Gasteiger partial charge in [-0.25, -0.2) is 0 Å². The summed E-state index contributed by atoms with van der Waals surface area (Å²) in [5.41, 5.74) is 8.15. The van der Waals surface area contributed by atoms with Crippen molar-refractivity contribution in [3.05, 3.63) is 23.3 Å². The van der Waals surface area contributed by atoms with Gasteiger partial charge in [0.15, 0.2) is 0 Å². The maximum absolute atomic E-state index is 11.2. The van der Waals surface area contributed by atoms with Crippen LogP contribution in [0, 0.1) is 6.92 Å². The first-order valence-corrected chi connectivity index (χ1v) is 7.95. The van der Waals surface area contributed by atoms with Crippen LogP contribution in [0.1, 0.15) is 18.1 Å². The van der Waals surface area contributed by atoms with Crippen molar-refractivity contribution in [1.82, 2.24) is 4.90 Å². The molecule has 2 aliphatic rings. The summed E-state index contributed by atoms with van der Waals surface area (Å²) in [7, 11) is 0.789. The van der Waals surface area contributed by atoms with Crippen LogP contribution in [0.25, 0.3) is 0 Å². The lowest BCUT2D eigenvalue weighted by atomic mass is 9.85. The van der Waals surface area contributed by atoms with E-state index in [0.717, 1.165) is 50.4 Å². The summed E-state index contributed by atoms with van der Waals surface area (Å²) in [4.78, 5) is 13.3. The van der Waals surface area contributed by atoms with Gasteiger partial charge in [0.25, 0.3) is 0 Å². The van der Waals surface area contributed by atoms with Crippen LogP contribution in [0.4, 0.5) is 0 Å². The fraction of sp³-hybridized carbons (Fsp3) is 0.562. The number of rotatable bonds is 5. The van der Waals surface area contributed by atoms with Crippen molar-refractivity contribution >= 4 is 13.3 Å². The van der Waals surface area contributed by atoms with Crippen molar-refractivity contribution in [3.63, 3.8) is 0 Å². The van der Waals surface area contributed by atoms with E-state index in [4.69, 9.17) is 15.1 Å². The predicted molar refractivity (Wildman–Crippen MR) is 87.0 cm³/mol. The summed E-state index contributed by atoms with van der Waals surface area (Å²) in [6.45, 7) is 5.84. The van der Waals surface area contributed by atoms with Crippen molar-refractivity contribution in [2.24, 2.45) is 5.73 Å². The maximum atomic E-state index is 11.2. The lowest BCUT2D eigenvalue weighted by Crippen LogP contribution is -2.57. The summed E-state index contributed by atoms with van der Waals surface area (Å²) in [6.07, 6.45) is 2.33. The Balaban J connectivity index is 1.56. The Morgan fingerprint density at radius 3 is 3.05 bits per heavy atom. The van der Waals surface area contributed by atoms with Crippen LogP contribution in [0.15, 0.2) is 12.1 Å². The monoisotopic (exact) mass is 302 g/mol. The number of ether oxygens (including phenoxy) is 1. The molecule has 22 heavy (non-hydrogen) atoms. The van der Waals surface area contributed by atoms with Gasteiger partial charge in [-0.05, 0) is 38.2 Å². The van der Waals surface area contributed by atoms with Gasteiger partial charge in [0.2, 0.25) is 0 Å². The minimum atomic E-state index is -0.389. The standard InChI is InChI=1S/C16H23BN2O3/c1-10-15(4-3-12-5-6-17-22-16(10)12)21-13-7-19(8-13)9-14(18)11(2)20/h3-4,13-14,17H,5-9,18H2,1-2H3. The number of hydrogen-bond acceptors (Lipinski definition) is 5. The van der Waals surface area contributed by atoms with Gasteiger partial charge in [0.05, 0.1) is 6.04 Å². The van der Waals surface area contributed by atoms with Crippen molar-refractivity contribution in [2.75, 3.05) is 19.6 Å². The van der Waals surface area contributed by atoms with E-state index in [2.05, 4.69) is 17.9 Å². The molecule has 0 amide bonds. The number of carbonyl (C=O) groups is 1. The average molecular weight is 302 g/mol. The molecule has 0 radical (unpaired) electrons. The minimum Gasteiger partial charge on any atom is -0.564 e. The van der Waals surface area contributed by atoms with Gasteiger partial charge in [-0.3, -0.25) is 9.69 Å². The molecular weight excluding hydrogens is 279 g/mol. The molecule has 0 aromatic heterocycles. The number of ketones is 1. The molecular formula is C16H23BN2O3. The molecule has 2 heterocycles. The first-order valence-electron chi connectivity index (χ1n) is 7.95. The summed E-state index contributed by atoms with van der Waals surface area (Å²) in [5.74, 6) is 1.94. The molecule has 1 aromatic carbocycles. The van der Waals surface area contributed by atoms with Gasteiger partial charge >= 0.3 is 7.48 Å². The zero-order valence-electron chi connectivity index (χ0n) is 13.3. The molecule has 1 fully saturated rings. The number of fused-ring (bicyclic) bond motifs is 1. The SMILES string of the molecule is CC(=O)C(N)CN1CC(Oc2ccc3c(c2C)OBCC3)C1. The minimum absolute atomic E-state index is 0.0343. The normalized spacial score (nSPS) is 19.4. The number of likely N-dealkylation sites (tertiary alicyclic amines) is 1. The molecule has 1 atom stereocenters.